The Balaban J connectivity index is 1.76. The molecule has 3 rings (SSSR count). The highest BCUT2D eigenvalue weighted by atomic mass is 35.5. The number of hydrogen-bond donors (Lipinski definition) is 2. The third-order valence-corrected chi connectivity index (χ3v) is 4.09. The van der Waals surface area contributed by atoms with Crippen LogP contribution in [-0.4, -0.2) is 22.8 Å². The number of benzene rings is 1. The monoisotopic (exact) mass is 329 g/mol. The average Bonchev–Trinajstić information content (AvgIpc) is 3.36. The molecule has 0 radical (unpaired) electrons. The molecular weight excluding hydrogens is 314 g/mol. The summed E-state index contributed by atoms with van der Waals surface area (Å²) in [6.45, 7) is 1.83. The van der Waals surface area contributed by atoms with Gasteiger partial charge in [-0.3, -0.25) is 14.6 Å². The highest BCUT2D eigenvalue weighted by Crippen LogP contribution is 2.23. The molecule has 0 saturated heterocycles. The molecule has 118 valence electrons. The molecule has 23 heavy (non-hydrogen) atoms. The lowest BCUT2D eigenvalue weighted by Crippen LogP contribution is -2.26. The van der Waals surface area contributed by atoms with Crippen LogP contribution in [0, 0.1) is 6.92 Å². The Labute approximate surface area is 139 Å². The van der Waals surface area contributed by atoms with Crippen molar-refractivity contribution in [2.75, 3.05) is 5.32 Å². The lowest BCUT2D eigenvalue weighted by atomic mass is 10.1. The number of carbonyl (C=O) groups is 2. The molecule has 1 aromatic heterocycles. The van der Waals surface area contributed by atoms with Gasteiger partial charge in [0, 0.05) is 28.5 Å². The van der Waals surface area contributed by atoms with Crippen molar-refractivity contribution in [3.63, 3.8) is 0 Å². The maximum Gasteiger partial charge on any atom is 0.270 e. The number of aromatic nitrogens is 1. The predicted molar refractivity (Wildman–Crippen MR) is 88.9 cm³/mol. The van der Waals surface area contributed by atoms with E-state index in [4.69, 9.17) is 11.6 Å². The molecule has 0 spiro atoms. The van der Waals surface area contributed by atoms with Crippen molar-refractivity contribution in [2.24, 2.45) is 0 Å². The molecule has 1 aliphatic rings. The van der Waals surface area contributed by atoms with E-state index in [9.17, 15) is 9.59 Å². The Kier molecular flexibility index (Phi) is 4.30. The van der Waals surface area contributed by atoms with E-state index in [2.05, 4.69) is 15.6 Å². The van der Waals surface area contributed by atoms with E-state index in [1.54, 1.807) is 24.3 Å². The summed E-state index contributed by atoms with van der Waals surface area (Å²) in [5, 5.41) is 6.24. The van der Waals surface area contributed by atoms with E-state index in [1.807, 2.05) is 6.92 Å². The zero-order chi connectivity index (χ0) is 16.4. The van der Waals surface area contributed by atoms with Crippen molar-refractivity contribution in [2.45, 2.75) is 25.8 Å². The van der Waals surface area contributed by atoms with E-state index in [-0.39, 0.29) is 23.6 Å². The first kappa shape index (κ1) is 15.5. The molecule has 2 aromatic rings. The number of nitrogens with one attached hydrogen (secondary N) is 2. The largest absolute Gasteiger partial charge is 0.348 e. The minimum absolute atomic E-state index is 0.243. The third-order valence-electron chi connectivity index (χ3n) is 3.68. The van der Waals surface area contributed by atoms with Gasteiger partial charge in [-0.1, -0.05) is 17.7 Å². The molecule has 0 aliphatic heterocycles. The fourth-order valence-electron chi connectivity index (χ4n) is 2.12. The van der Waals surface area contributed by atoms with Crippen LogP contribution in [0.15, 0.2) is 36.5 Å². The number of hydrogen-bond acceptors (Lipinski definition) is 3. The van der Waals surface area contributed by atoms with Gasteiger partial charge in [-0.25, -0.2) is 0 Å². The van der Waals surface area contributed by atoms with E-state index in [0.29, 0.717) is 16.3 Å². The predicted octanol–water partition coefficient (Wildman–Crippen LogP) is 3.19. The molecule has 0 atom stereocenters. The second-order valence-corrected chi connectivity index (χ2v) is 5.95. The van der Waals surface area contributed by atoms with Gasteiger partial charge in [-0.2, -0.15) is 0 Å². The lowest BCUT2D eigenvalue weighted by molar-refractivity contribution is 0.0946. The van der Waals surface area contributed by atoms with Gasteiger partial charge in [0.2, 0.25) is 0 Å². The van der Waals surface area contributed by atoms with Crippen molar-refractivity contribution in [1.29, 1.82) is 0 Å². The number of pyridine rings is 1. The van der Waals surface area contributed by atoms with Crippen LogP contribution in [0.2, 0.25) is 5.02 Å². The maximum atomic E-state index is 12.4. The van der Waals surface area contributed by atoms with Crippen molar-refractivity contribution in [3.8, 4) is 0 Å². The number of amides is 2. The molecule has 1 saturated carbocycles. The van der Waals surface area contributed by atoms with E-state index in [0.717, 1.165) is 18.4 Å². The van der Waals surface area contributed by atoms with Gasteiger partial charge in [-0.05, 0) is 49.6 Å². The fraction of sp³-hybridized carbons (Fsp3) is 0.235. The highest BCUT2D eigenvalue weighted by Gasteiger charge is 2.24. The third kappa shape index (κ3) is 3.68. The van der Waals surface area contributed by atoms with Crippen molar-refractivity contribution in [1.82, 2.24) is 10.3 Å². The number of halogens is 1. The second kappa shape index (κ2) is 6.38. The van der Waals surface area contributed by atoms with Crippen LogP contribution < -0.4 is 10.6 Å². The van der Waals surface area contributed by atoms with Crippen LogP contribution in [0.4, 0.5) is 5.69 Å². The Morgan fingerprint density at radius 1 is 1.22 bits per heavy atom. The molecule has 2 N–H and O–H groups in total. The standard InChI is InChI=1S/C17H16ClN3O2/c1-10-13(18)3-2-4-14(10)21-16(22)11-7-8-19-15(9-11)17(23)20-12-5-6-12/h2-4,7-9,12H,5-6H2,1H3,(H,20,23)(H,21,22). The van der Waals surface area contributed by atoms with Crippen LogP contribution in [0.5, 0.6) is 0 Å². The summed E-state index contributed by atoms with van der Waals surface area (Å²) in [6.07, 6.45) is 3.46. The van der Waals surface area contributed by atoms with Gasteiger partial charge < -0.3 is 10.6 Å². The molecule has 1 heterocycles. The zero-order valence-electron chi connectivity index (χ0n) is 12.6. The number of carbonyl (C=O) groups excluding carboxylic acids is 2. The van der Waals surface area contributed by atoms with Crippen molar-refractivity contribution in [3.05, 3.63) is 58.4 Å². The molecule has 1 aliphatic carbocycles. The van der Waals surface area contributed by atoms with Crippen LogP contribution in [0.25, 0.3) is 0 Å². The van der Waals surface area contributed by atoms with Gasteiger partial charge >= 0.3 is 0 Å². The second-order valence-electron chi connectivity index (χ2n) is 5.54. The average molecular weight is 330 g/mol. The summed E-state index contributed by atoms with van der Waals surface area (Å²) < 4.78 is 0. The number of anilines is 1. The minimum Gasteiger partial charge on any atom is -0.348 e. The van der Waals surface area contributed by atoms with Gasteiger partial charge in [0.15, 0.2) is 0 Å². The number of nitrogens with zero attached hydrogens (tertiary/aromatic N) is 1. The quantitative estimate of drug-likeness (QED) is 0.905. The Morgan fingerprint density at radius 2 is 2.00 bits per heavy atom. The summed E-state index contributed by atoms with van der Waals surface area (Å²) in [7, 11) is 0. The van der Waals surface area contributed by atoms with Crippen LogP contribution in [0.3, 0.4) is 0 Å². The minimum atomic E-state index is -0.307. The fourth-order valence-corrected chi connectivity index (χ4v) is 2.29. The Hall–Kier alpha value is -2.40. The summed E-state index contributed by atoms with van der Waals surface area (Å²) in [4.78, 5) is 28.4. The van der Waals surface area contributed by atoms with E-state index < -0.39 is 0 Å². The Morgan fingerprint density at radius 3 is 2.74 bits per heavy atom. The maximum absolute atomic E-state index is 12.4. The Bertz CT molecular complexity index is 772. The zero-order valence-corrected chi connectivity index (χ0v) is 13.4. The van der Waals surface area contributed by atoms with E-state index >= 15 is 0 Å². The highest BCUT2D eigenvalue weighted by molar-refractivity contribution is 6.31. The summed E-state index contributed by atoms with van der Waals surface area (Å²) in [5.41, 5.74) is 2.05. The van der Waals surface area contributed by atoms with Crippen molar-refractivity contribution < 1.29 is 9.59 Å². The van der Waals surface area contributed by atoms with Crippen LogP contribution in [0.1, 0.15) is 39.3 Å². The summed E-state index contributed by atoms with van der Waals surface area (Å²) >= 11 is 6.05. The first-order valence-electron chi connectivity index (χ1n) is 7.38. The molecule has 0 unspecified atom stereocenters. The van der Waals surface area contributed by atoms with Gasteiger partial charge in [-0.15, -0.1) is 0 Å². The van der Waals surface area contributed by atoms with Gasteiger partial charge in [0.25, 0.3) is 11.8 Å². The molecule has 0 bridgehead atoms. The first-order chi connectivity index (χ1) is 11.0. The molecule has 6 heteroatoms. The van der Waals surface area contributed by atoms with Gasteiger partial charge in [0.1, 0.15) is 5.69 Å². The van der Waals surface area contributed by atoms with Crippen molar-refractivity contribution >= 4 is 29.1 Å². The first-order valence-corrected chi connectivity index (χ1v) is 7.76. The molecule has 1 fully saturated rings. The van der Waals surface area contributed by atoms with E-state index in [1.165, 1.54) is 12.3 Å². The van der Waals surface area contributed by atoms with Crippen LogP contribution >= 0.6 is 11.6 Å². The molecule has 2 amide bonds. The van der Waals surface area contributed by atoms with Crippen LogP contribution in [-0.2, 0) is 0 Å². The smallest absolute Gasteiger partial charge is 0.270 e. The normalized spacial score (nSPS) is 13.5. The molecular formula is C17H16ClN3O2. The number of rotatable bonds is 4. The SMILES string of the molecule is Cc1c(Cl)cccc1NC(=O)c1ccnc(C(=O)NC2CC2)c1. The summed E-state index contributed by atoms with van der Waals surface area (Å²) in [6, 6.07) is 8.62. The molecule has 5 nitrogen and oxygen atoms in total. The summed E-state index contributed by atoms with van der Waals surface area (Å²) in [5.74, 6) is -0.556. The lowest BCUT2D eigenvalue weighted by Gasteiger charge is -2.10. The topological polar surface area (TPSA) is 71.1 Å². The molecule has 1 aromatic carbocycles. The van der Waals surface area contributed by atoms with Gasteiger partial charge in [0.05, 0.1) is 0 Å².